The van der Waals surface area contributed by atoms with Gasteiger partial charge < -0.3 is 19.4 Å². The van der Waals surface area contributed by atoms with Crippen molar-refractivity contribution in [1.29, 1.82) is 0 Å². The Kier molecular flexibility index (Phi) is 8.29. The summed E-state index contributed by atoms with van der Waals surface area (Å²) in [5.41, 5.74) is 2.63. The molecule has 196 valence electrons. The number of carbonyl (C=O) groups is 1. The van der Waals surface area contributed by atoms with Crippen molar-refractivity contribution in [3.63, 3.8) is 0 Å². The molecule has 1 amide bonds. The molecule has 37 heavy (non-hydrogen) atoms. The zero-order valence-corrected chi connectivity index (χ0v) is 21.7. The lowest BCUT2D eigenvalue weighted by molar-refractivity contribution is -0.120. The number of nitrogens with one attached hydrogen (secondary N) is 1. The van der Waals surface area contributed by atoms with Gasteiger partial charge in [-0.1, -0.05) is 29.7 Å². The van der Waals surface area contributed by atoms with Crippen molar-refractivity contribution < 1.29 is 27.6 Å². The number of rotatable bonds is 10. The van der Waals surface area contributed by atoms with Crippen molar-refractivity contribution in [2.24, 2.45) is 5.92 Å². The minimum absolute atomic E-state index is 0.0380. The molecule has 0 radical (unpaired) electrons. The average Bonchev–Trinajstić information content (AvgIpc) is 3.41. The predicted molar refractivity (Wildman–Crippen MR) is 136 cm³/mol. The van der Waals surface area contributed by atoms with E-state index < -0.39 is 17.7 Å². The molecule has 4 rings (SSSR count). The Balaban J connectivity index is 1.27. The molecule has 0 aliphatic heterocycles. The summed E-state index contributed by atoms with van der Waals surface area (Å²) in [6.07, 6.45) is 0.854. The van der Waals surface area contributed by atoms with Crippen LogP contribution in [0.1, 0.15) is 59.8 Å². The van der Waals surface area contributed by atoms with Gasteiger partial charge in [-0.3, -0.25) is 4.79 Å². The maximum Gasteiger partial charge on any atom is 0.224 e. The van der Waals surface area contributed by atoms with Crippen molar-refractivity contribution in [2.75, 3.05) is 6.54 Å². The van der Waals surface area contributed by atoms with Crippen molar-refractivity contribution >= 4 is 28.5 Å². The first kappa shape index (κ1) is 26.8. The Bertz CT molecular complexity index is 1370. The number of aliphatic hydroxyl groups is 1. The zero-order chi connectivity index (χ0) is 26.7. The molecule has 4 aromatic rings. The maximum absolute atomic E-state index is 14.0. The third-order valence-electron chi connectivity index (χ3n) is 6.45. The standard InChI is InChI=1S/C28H29ClF2N2O4/c1-15(9-21-22(30)13-20(29)14-23(21)31)5-4-8-32-26(34)11-18-6-7-24-19(10-18)12-25(36-24)28(35)27-16(2)33-37-17(27)3/h6-7,10,12-15,28,35H,4-5,8-9,11H2,1-3H3,(H,32,34). The average molecular weight is 531 g/mol. The first-order valence-corrected chi connectivity index (χ1v) is 12.5. The highest BCUT2D eigenvalue weighted by atomic mass is 35.5. The summed E-state index contributed by atoms with van der Waals surface area (Å²) < 4.78 is 39.0. The second-order valence-corrected chi connectivity index (χ2v) is 9.92. The number of hydrogen-bond donors (Lipinski definition) is 2. The van der Waals surface area contributed by atoms with Gasteiger partial charge in [-0.05, 0) is 74.9 Å². The molecular formula is C28H29ClF2N2O4. The Labute approximate surface area is 218 Å². The second kappa shape index (κ2) is 11.4. The summed E-state index contributed by atoms with van der Waals surface area (Å²) in [5.74, 6) is -0.447. The van der Waals surface area contributed by atoms with Crippen LogP contribution in [0.5, 0.6) is 0 Å². The van der Waals surface area contributed by atoms with Crippen LogP contribution in [0, 0.1) is 31.4 Å². The molecule has 0 aliphatic carbocycles. The van der Waals surface area contributed by atoms with E-state index >= 15 is 0 Å². The fourth-order valence-electron chi connectivity index (χ4n) is 4.52. The molecule has 0 saturated carbocycles. The number of carbonyl (C=O) groups excluding carboxylic acids is 1. The molecule has 2 aromatic carbocycles. The Morgan fingerprint density at radius 2 is 1.89 bits per heavy atom. The summed E-state index contributed by atoms with van der Waals surface area (Å²) >= 11 is 5.68. The van der Waals surface area contributed by atoms with E-state index in [0.717, 1.165) is 23.1 Å². The number of aromatic nitrogens is 1. The lowest BCUT2D eigenvalue weighted by Crippen LogP contribution is -2.26. The zero-order valence-electron chi connectivity index (χ0n) is 20.9. The molecule has 0 saturated heterocycles. The van der Waals surface area contributed by atoms with Gasteiger partial charge in [-0.15, -0.1) is 0 Å². The number of fused-ring (bicyclic) bond motifs is 1. The summed E-state index contributed by atoms with van der Waals surface area (Å²) in [4.78, 5) is 12.4. The van der Waals surface area contributed by atoms with Crippen LogP contribution in [0.2, 0.25) is 5.02 Å². The van der Waals surface area contributed by atoms with E-state index in [1.165, 1.54) is 0 Å². The van der Waals surface area contributed by atoms with Gasteiger partial charge in [-0.25, -0.2) is 8.78 Å². The van der Waals surface area contributed by atoms with E-state index in [-0.39, 0.29) is 35.3 Å². The highest BCUT2D eigenvalue weighted by molar-refractivity contribution is 6.30. The molecule has 2 N–H and O–H groups in total. The van der Waals surface area contributed by atoms with Crippen molar-refractivity contribution in [2.45, 2.75) is 52.6 Å². The van der Waals surface area contributed by atoms with Crippen LogP contribution >= 0.6 is 11.6 Å². The highest BCUT2D eigenvalue weighted by Gasteiger charge is 2.23. The fraction of sp³-hybridized carbons (Fsp3) is 0.357. The smallest absolute Gasteiger partial charge is 0.224 e. The lowest BCUT2D eigenvalue weighted by Gasteiger charge is -2.13. The minimum atomic E-state index is -1.000. The van der Waals surface area contributed by atoms with Crippen LogP contribution in [0.4, 0.5) is 8.78 Å². The predicted octanol–water partition coefficient (Wildman–Crippen LogP) is 6.37. The largest absolute Gasteiger partial charge is 0.458 e. The quantitative estimate of drug-likeness (QED) is 0.233. The maximum atomic E-state index is 14.0. The molecule has 0 aliphatic rings. The van der Waals surface area contributed by atoms with Gasteiger partial charge in [0.05, 0.1) is 17.7 Å². The molecule has 0 spiro atoms. The highest BCUT2D eigenvalue weighted by Crippen LogP contribution is 2.32. The van der Waals surface area contributed by atoms with Crippen molar-refractivity contribution in [3.8, 4) is 0 Å². The number of halogens is 3. The van der Waals surface area contributed by atoms with Gasteiger partial charge in [-0.2, -0.15) is 0 Å². The minimum Gasteiger partial charge on any atom is -0.458 e. The molecule has 0 fully saturated rings. The number of aryl methyl sites for hydroxylation is 2. The summed E-state index contributed by atoms with van der Waals surface area (Å²) in [6, 6.07) is 9.44. The second-order valence-electron chi connectivity index (χ2n) is 9.49. The molecule has 2 heterocycles. The van der Waals surface area contributed by atoms with Crippen LogP contribution in [0.3, 0.4) is 0 Å². The lowest BCUT2D eigenvalue weighted by atomic mass is 9.96. The third kappa shape index (κ3) is 6.37. The third-order valence-corrected chi connectivity index (χ3v) is 6.67. The van der Waals surface area contributed by atoms with E-state index in [2.05, 4.69) is 10.5 Å². The SMILES string of the molecule is Cc1noc(C)c1C(O)c1cc2cc(CC(=O)NCCCC(C)Cc3c(F)cc(Cl)cc3F)ccc2o1. The van der Waals surface area contributed by atoms with E-state index in [1.54, 1.807) is 26.0 Å². The first-order chi connectivity index (χ1) is 17.6. The number of furan rings is 1. The number of benzene rings is 2. The number of aliphatic hydroxyl groups excluding tert-OH is 1. The summed E-state index contributed by atoms with van der Waals surface area (Å²) in [7, 11) is 0. The fourth-order valence-corrected chi connectivity index (χ4v) is 4.72. The molecule has 9 heteroatoms. The number of nitrogens with zero attached hydrogens (tertiary/aromatic N) is 1. The Morgan fingerprint density at radius 3 is 2.57 bits per heavy atom. The number of hydrogen-bond acceptors (Lipinski definition) is 5. The van der Waals surface area contributed by atoms with Gasteiger partial charge >= 0.3 is 0 Å². The van der Waals surface area contributed by atoms with Crippen LogP contribution in [0.15, 0.2) is 45.3 Å². The van der Waals surface area contributed by atoms with Crippen LogP contribution in [-0.2, 0) is 17.6 Å². The molecule has 2 aromatic heterocycles. The molecule has 2 atom stereocenters. The van der Waals surface area contributed by atoms with Crippen molar-refractivity contribution in [1.82, 2.24) is 10.5 Å². The normalized spacial score (nSPS) is 13.2. The van der Waals surface area contributed by atoms with Crippen LogP contribution < -0.4 is 5.32 Å². The van der Waals surface area contributed by atoms with Crippen LogP contribution in [-0.4, -0.2) is 22.7 Å². The first-order valence-electron chi connectivity index (χ1n) is 12.2. The van der Waals surface area contributed by atoms with Crippen LogP contribution in [0.25, 0.3) is 11.0 Å². The van der Waals surface area contributed by atoms with Gasteiger partial charge in [0.2, 0.25) is 5.91 Å². The van der Waals surface area contributed by atoms with Gasteiger partial charge in [0.25, 0.3) is 0 Å². The van der Waals surface area contributed by atoms with Gasteiger partial charge in [0.15, 0.2) is 0 Å². The Hall–Kier alpha value is -3.23. The molecule has 6 nitrogen and oxygen atoms in total. The van der Waals surface area contributed by atoms with E-state index in [0.29, 0.717) is 47.7 Å². The van der Waals surface area contributed by atoms with Gasteiger partial charge in [0, 0.05) is 22.5 Å². The van der Waals surface area contributed by atoms with E-state index in [1.807, 2.05) is 19.1 Å². The molecule has 0 bridgehead atoms. The van der Waals surface area contributed by atoms with E-state index in [4.69, 9.17) is 20.5 Å². The summed E-state index contributed by atoms with van der Waals surface area (Å²) in [6.45, 7) is 5.88. The van der Waals surface area contributed by atoms with E-state index in [9.17, 15) is 18.7 Å². The molecule has 2 unspecified atom stereocenters. The summed E-state index contributed by atoms with van der Waals surface area (Å²) in [5, 5.41) is 18.3. The van der Waals surface area contributed by atoms with Gasteiger partial charge in [0.1, 0.15) is 34.8 Å². The van der Waals surface area contributed by atoms with Crippen molar-refractivity contribution in [3.05, 3.63) is 87.0 Å². The molecular weight excluding hydrogens is 502 g/mol. The Morgan fingerprint density at radius 1 is 1.16 bits per heavy atom. The number of amides is 1. The monoisotopic (exact) mass is 530 g/mol. The topological polar surface area (TPSA) is 88.5 Å².